The smallest absolute Gasteiger partial charge is 0.130 e. The quantitative estimate of drug-likeness (QED) is 0.910. The van der Waals surface area contributed by atoms with Crippen molar-refractivity contribution in [3.8, 4) is 16.9 Å². The summed E-state index contributed by atoms with van der Waals surface area (Å²) in [5.74, 6) is 1.08. The second-order valence-corrected chi connectivity index (χ2v) is 5.22. The molecule has 0 bridgehead atoms. The topological polar surface area (TPSA) is 21.3 Å². The van der Waals surface area contributed by atoms with E-state index in [-0.39, 0.29) is 0 Å². The Morgan fingerprint density at radius 3 is 2.75 bits per heavy atom. The van der Waals surface area contributed by atoms with Crippen molar-refractivity contribution in [3.05, 3.63) is 53.6 Å². The monoisotopic (exact) mass is 267 g/mol. The van der Waals surface area contributed by atoms with Gasteiger partial charge in [0.05, 0.1) is 6.61 Å². The Bertz CT molecular complexity index is 574. The normalized spacial score (nSPS) is 13.7. The van der Waals surface area contributed by atoms with Gasteiger partial charge < -0.3 is 10.1 Å². The van der Waals surface area contributed by atoms with Gasteiger partial charge in [-0.05, 0) is 36.1 Å². The lowest BCUT2D eigenvalue weighted by molar-refractivity contribution is 0.289. The van der Waals surface area contributed by atoms with Crippen LogP contribution in [0.5, 0.6) is 5.75 Å². The van der Waals surface area contributed by atoms with Crippen molar-refractivity contribution in [2.24, 2.45) is 0 Å². The average Bonchev–Trinajstić information content (AvgIpc) is 2.53. The third kappa shape index (κ3) is 2.70. The molecule has 0 amide bonds. The van der Waals surface area contributed by atoms with E-state index in [4.69, 9.17) is 4.74 Å². The van der Waals surface area contributed by atoms with Crippen molar-refractivity contribution < 1.29 is 4.74 Å². The molecule has 2 aromatic rings. The second-order valence-electron chi connectivity index (χ2n) is 5.22. The molecule has 0 saturated heterocycles. The summed E-state index contributed by atoms with van der Waals surface area (Å²) in [6, 6.07) is 15.2. The summed E-state index contributed by atoms with van der Waals surface area (Å²) in [4.78, 5) is 0. The number of hydrogen-bond donors (Lipinski definition) is 1. The summed E-state index contributed by atoms with van der Waals surface area (Å²) in [7, 11) is 0. The SMILES string of the molecule is CCNCc1ccc(-c2cccc3c2OCCC3)cc1. The Labute approximate surface area is 120 Å². The number of fused-ring (bicyclic) bond motifs is 1. The van der Waals surface area contributed by atoms with Gasteiger partial charge in [0, 0.05) is 12.1 Å². The van der Waals surface area contributed by atoms with Crippen LogP contribution in [-0.2, 0) is 13.0 Å². The van der Waals surface area contributed by atoms with Crippen LogP contribution in [0.1, 0.15) is 24.5 Å². The Hall–Kier alpha value is -1.80. The predicted molar refractivity (Wildman–Crippen MR) is 83.1 cm³/mol. The van der Waals surface area contributed by atoms with E-state index in [0.29, 0.717) is 0 Å². The van der Waals surface area contributed by atoms with E-state index in [1.165, 1.54) is 22.3 Å². The highest BCUT2D eigenvalue weighted by molar-refractivity contribution is 5.72. The van der Waals surface area contributed by atoms with E-state index in [0.717, 1.165) is 38.3 Å². The van der Waals surface area contributed by atoms with Gasteiger partial charge in [-0.3, -0.25) is 0 Å². The fourth-order valence-corrected chi connectivity index (χ4v) is 2.69. The molecular weight excluding hydrogens is 246 g/mol. The number of nitrogens with one attached hydrogen (secondary N) is 1. The highest BCUT2D eigenvalue weighted by Crippen LogP contribution is 2.36. The molecule has 3 rings (SSSR count). The molecule has 1 aliphatic heterocycles. The van der Waals surface area contributed by atoms with Crippen molar-refractivity contribution in [1.82, 2.24) is 5.32 Å². The number of hydrogen-bond acceptors (Lipinski definition) is 2. The van der Waals surface area contributed by atoms with Crippen molar-refractivity contribution in [3.63, 3.8) is 0 Å². The molecule has 0 aromatic heterocycles. The maximum Gasteiger partial charge on any atom is 0.130 e. The van der Waals surface area contributed by atoms with Crippen molar-refractivity contribution in [1.29, 1.82) is 0 Å². The minimum absolute atomic E-state index is 0.836. The number of para-hydroxylation sites is 1. The van der Waals surface area contributed by atoms with Crippen LogP contribution >= 0.6 is 0 Å². The maximum absolute atomic E-state index is 5.89. The first-order valence-corrected chi connectivity index (χ1v) is 7.43. The van der Waals surface area contributed by atoms with Crippen LogP contribution in [-0.4, -0.2) is 13.2 Å². The van der Waals surface area contributed by atoms with Crippen molar-refractivity contribution >= 4 is 0 Å². The molecule has 0 spiro atoms. The van der Waals surface area contributed by atoms with Gasteiger partial charge in [-0.1, -0.05) is 49.4 Å². The van der Waals surface area contributed by atoms with Crippen LogP contribution in [0.15, 0.2) is 42.5 Å². The summed E-state index contributed by atoms with van der Waals surface area (Å²) in [5.41, 5.74) is 5.12. The molecule has 2 aromatic carbocycles. The number of rotatable bonds is 4. The van der Waals surface area contributed by atoms with E-state index in [1.54, 1.807) is 0 Å². The fraction of sp³-hybridized carbons (Fsp3) is 0.333. The van der Waals surface area contributed by atoms with Crippen molar-refractivity contribution in [2.75, 3.05) is 13.2 Å². The highest BCUT2D eigenvalue weighted by atomic mass is 16.5. The standard InChI is InChI=1S/C18H21NO/c1-2-19-13-14-8-10-15(11-9-14)17-7-3-5-16-6-4-12-20-18(16)17/h3,5,7-11,19H,2,4,6,12-13H2,1H3. The average molecular weight is 267 g/mol. The third-order valence-corrected chi connectivity index (χ3v) is 3.78. The van der Waals surface area contributed by atoms with Gasteiger partial charge in [-0.15, -0.1) is 0 Å². The van der Waals surface area contributed by atoms with Crippen LogP contribution in [0.25, 0.3) is 11.1 Å². The van der Waals surface area contributed by atoms with Crippen LogP contribution in [0.2, 0.25) is 0 Å². The first-order valence-electron chi connectivity index (χ1n) is 7.43. The molecule has 2 heteroatoms. The zero-order valence-electron chi connectivity index (χ0n) is 12.0. The number of benzene rings is 2. The summed E-state index contributed by atoms with van der Waals surface area (Å²) in [6.07, 6.45) is 2.25. The number of aryl methyl sites for hydroxylation is 1. The lowest BCUT2D eigenvalue weighted by atomic mass is 9.97. The zero-order chi connectivity index (χ0) is 13.8. The Balaban J connectivity index is 1.89. The lowest BCUT2D eigenvalue weighted by Crippen LogP contribution is -2.11. The van der Waals surface area contributed by atoms with E-state index in [1.807, 2.05) is 0 Å². The van der Waals surface area contributed by atoms with Gasteiger partial charge >= 0.3 is 0 Å². The first-order chi connectivity index (χ1) is 9.88. The molecule has 1 aliphatic rings. The van der Waals surface area contributed by atoms with Crippen LogP contribution in [0.4, 0.5) is 0 Å². The lowest BCUT2D eigenvalue weighted by Gasteiger charge is -2.20. The third-order valence-electron chi connectivity index (χ3n) is 3.78. The summed E-state index contributed by atoms with van der Waals surface area (Å²) >= 11 is 0. The van der Waals surface area contributed by atoms with Gasteiger partial charge in [-0.2, -0.15) is 0 Å². The molecule has 20 heavy (non-hydrogen) atoms. The zero-order valence-corrected chi connectivity index (χ0v) is 12.0. The fourth-order valence-electron chi connectivity index (χ4n) is 2.69. The molecule has 0 fully saturated rings. The molecular formula is C18H21NO. The van der Waals surface area contributed by atoms with Gasteiger partial charge in [0.1, 0.15) is 5.75 Å². The van der Waals surface area contributed by atoms with E-state index in [9.17, 15) is 0 Å². The van der Waals surface area contributed by atoms with Crippen LogP contribution in [0, 0.1) is 0 Å². The molecule has 0 radical (unpaired) electrons. The van der Waals surface area contributed by atoms with Gasteiger partial charge in [0.15, 0.2) is 0 Å². The highest BCUT2D eigenvalue weighted by Gasteiger charge is 2.15. The molecule has 0 unspecified atom stereocenters. The summed E-state index contributed by atoms with van der Waals surface area (Å²) in [5, 5.41) is 3.35. The van der Waals surface area contributed by atoms with Crippen LogP contribution < -0.4 is 10.1 Å². The minimum Gasteiger partial charge on any atom is -0.493 e. The largest absolute Gasteiger partial charge is 0.493 e. The van der Waals surface area contributed by atoms with Crippen LogP contribution in [0.3, 0.4) is 0 Å². The van der Waals surface area contributed by atoms with Gasteiger partial charge in [0.2, 0.25) is 0 Å². The van der Waals surface area contributed by atoms with Gasteiger partial charge in [-0.25, -0.2) is 0 Å². The van der Waals surface area contributed by atoms with E-state index >= 15 is 0 Å². The molecule has 2 nitrogen and oxygen atoms in total. The molecule has 1 N–H and O–H groups in total. The Morgan fingerprint density at radius 2 is 1.95 bits per heavy atom. The Kier molecular flexibility index (Phi) is 4.03. The molecule has 104 valence electrons. The molecule has 1 heterocycles. The van der Waals surface area contributed by atoms with Crippen molar-refractivity contribution in [2.45, 2.75) is 26.3 Å². The molecule has 0 saturated carbocycles. The summed E-state index contributed by atoms with van der Waals surface area (Å²) in [6.45, 7) is 4.90. The maximum atomic E-state index is 5.89. The minimum atomic E-state index is 0.836. The van der Waals surface area contributed by atoms with E-state index in [2.05, 4.69) is 54.7 Å². The van der Waals surface area contributed by atoms with E-state index < -0.39 is 0 Å². The molecule has 0 atom stereocenters. The second kappa shape index (κ2) is 6.10. The predicted octanol–water partition coefficient (Wildman–Crippen LogP) is 3.79. The molecule has 0 aliphatic carbocycles. The Morgan fingerprint density at radius 1 is 1.10 bits per heavy atom. The van der Waals surface area contributed by atoms with Gasteiger partial charge in [0.25, 0.3) is 0 Å². The first kappa shape index (κ1) is 13.2. The summed E-state index contributed by atoms with van der Waals surface area (Å²) < 4.78 is 5.89. The number of ether oxygens (including phenoxy) is 1.